The van der Waals surface area contributed by atoms with Crippen LogP contribution in [0.25, 0.3) is 22.2 Å². The Bertz CT molecular complexity index is 1140. The zero-order chi connectivity index (χ0) is 22.9. The van der Waals surface area contributed by atoms with Crippen LogP contribution in [0.1, 0.15) is 31.6 Å². The maximum absolute atomic E-state index is 13.1. The molecule has 5 rings (SSSR count). The average Bonchev–Trinajstić information content (AvgIpc) is 3.37. The number of nitrogens with one attached hydrogen (secondary N) is 2. The van der Waals surface area contributed by atoms with E-state index in [2.05, 4.69) is 25.6 Å². The summed E-state index contributed by atoms with van der Waals surface area (Å²) in [5, 5.41) is 7.70. The van der Waals surface area contributed by atoms with Crippen molar-refractivity contribution >= 4 is 22.6 Å². The van der Waals surface area contributed by atoms with Crippen LogP contribution in [-0.4, -0.2) is 63.4 Å². The highest BCUT2D eigenvalue weighted by Gasteiger charge is 2.43. The molecular formula is C23H26F2N6O2. The van der Waals surface area contributed by atoms with Crippen molar-refractivity contribution in [3.63, 3.8) is 0 Å². The summed E-state index contributed by atoms with van der Waals surface area (Å²) < 4.78 is 31.4. The zero-order valence-electron chi connectivity index (χ0n) is 18.3. The average molecular weight is 456 g/mol. The van der Waals surface area contributed by atoms with Gasteiger partial charge in [-0.3, -0.25) is 10.3 Å². The highest BCUT2D eigenvalue weighted by molar-refractivity contribution is 5.92. The summed E-state index contributed by atoms with van der Waals surface area (Å²) in [6.45, 7) is 0.315. The lowest BCUT2D eigenvalue weighted by molar-refractivity contribution is 0.133. The van der Waals surface area contributed by atoms with Crippen LogP contribution in [0, 0.1) is 6.92 Å². The topological polar surface area (TPSA) is 96.2 Å². The van der Waals surface area contributed by atoms with Gasteiger partial charge in [0, 0.05) is 42.8 Å². The van der Waals surface area contributed by atoms with Gasteiger partial charge in [-0.05, 0) is 43.2 Å². The molecule has 1 unspecified atom stereocenters. The Kier molecular flexibility index (Phi) is 5.92. The molecule has 2 N–H and O–H groups in total. The second kappa shape index (κ2) is 9.01. The third-order valence-electron chi connectivity index (χ3n) is 6.52. The van der Waals surface area contributed by atoms with Gasteiger partial charge in [0.25, 0.3) is 0 Å². The molecule has 3 aromatic rings. The van der Waals surface area contributed by atoms with E-state index in [0.29, 0.717) is 36.0 Å². The Morgan fingerprint density at radius 2 is 1.82 bits per heavy atom. The van der Waals surface area contributed by atoms with E-state index in [4.69, 9.17) is 4.42 Å². The molecule has 2 fully saturated rings. The molecule has 2 aliphatic rings. The Labute approximate surface area is 189 Å². The van der Waals surface area contributed by atoms with E-state index in [0.717, 1.165) is 23.6 Å². The monoisotopic (exact) mass is 456 g/mol. The maximum Gasteiger partial charge on any atom is 0.323 e. The van der Waals surface area contributed by atoms with Gasteiger partial charge in [-0.25, -0.2) is 23.5 Å². The Balaban J connectivity index is 1.29. The number of rotatable bonds is 6. The number of hydrogen-bond acceptors (Lipinski definition) is 6. The Morgan fingerprint density at radius 3 is 2.48 bits per heavy atom. The number of halogens is 2. The second-order valence-corrected chi connectivity index (χ2v) is 8.79. The molecule has 10 heteroatoms. The van der Waals surface area contributed by atoms with Crippen LogP contribution in [0.4, 0.5) is 19.4 Å². The van der Waals surface area contributed by atoms with Gasteiger partial charge >= 0.3 is 6.03 Å². The molecule has 2 amide bonds. The molecule has 0 spiro atoms. The number of carbonyl (C=O) groups excluding carboxylic acids is 1. The van der Waals surface area contributed by atoms with Gasteiger partial charge in [0.05, 0.1) is 12.2 Å². The highest BCUT2D eigenvalue weighted by Crippen LogP contribution is 2.36. The summed E-state index contributed by atoms with van der Waals surface area (Å²) in [6, 6.07) is 2.84. The molecule has 0 aliphatic carbocycles. The van der Waals surface area contributed by atoms with Crippen LogP contribution in [0.5, 0.6) is 0 Å². The fourth-order valence-corrected chi connectivity index (χ4v) is 5.00. The molecule has 0 saturated carbocycles. The number of nitrogens with zero attached hydrogens (tertiary/aromatic N) is 4. The number of amides is 2. The predicted molar refractivity (Wildman–Crippen MR) is 119 cm³/mol. The van der Waals surface area contributed by atoms with Gasteiger partial charge in [-0.15, -0.1) is 0 Å². The summed E-state index contributed by atoms with van der Waals surface area (Å²) in [6.07, 6.45) is 8.18. The number of aromatic nitrogens is 3. The molecule has 2 bridgehead atoms. The largest absolute Gasteiger partial charge is 0.439 e. The maximum atomic E-state index is 13.1. The number of piperidine rings is 1. The molecule has 2 saturated heterocycles. The number of carbonyl (C=O) groups is 1. The summed E-state index contributed by atoms with van der Waals surface area (Å²) in [5.74, 6) is 1.59. The van der Waals surface area contributed by atoms with Crippen molar-refractivity contribution in [2.24, 2.45) is 0 Å². The first-order chi connectivity index (χ1) is 16.0. The van der Waals surface area contributed by atoms with E-state index in [1.54, 1.807) is 25.5 Å². The van der Waals surface area contributed by atoms with Gasteiger partial charge < -0.3 is 14.6 Å². The molecular weight excluding hydrogens is 430 g/mol. The van der Waals surface area contributed by atoms with E-state index in [-0.39, 0.29) is 24.2 Å². The fourth-order valence-electron chi connectivity index (χ4n) is 5.00. The van der Waals surface area contributed by atoms with Crippen molar-refractivity contribution in [2.75, 3.05) is 18.7 Å². The molecule has 3 aromatic heterocycles. The second-order valence-electron chi connectivity index (χ2n) is 8.79. The van der Waals surface area contributed by atoms with Crippen molar-refractivity contribution in [3.05, 3.63) is 36.6 Å². The minimum Gasteiger partial charge on any atom is -0.439 e. The quantitative estimate of drug-likeness (QED) is 0.582. The third-order valence-corrected chi connectivity index (χ3v) is 6.52. The van der Waals surface area contributed by atoms with Crippen LogP contribution in [0.2, 0.25) is 0 Å². The fraction of sp³-hybridized carbons (Fsp3) is 0.478. The van der Waals surface area contributed by atoms with Crippen LogP contribution in [0.3, 0.4) is 0 Å². The van der Waals surface area contributed by atoms with Crippen molar-refractivity contribution in [1.29, 1.82) is 0 Å². The molecule has 8 nitrogen and oxygen atoms in total. The lowest BCUT2D eigenvalue weighted by Crippen LogP contribution is -2.54. The van der Waals surface area contributed by atoms with Gasteiger partial charge in [-0.1, -0.05) is 0 Å². The van der Waals surface area contributed by atoms with Crippen LogP contribution in [-0.2, 0) is 0 Å². The van der Waals surface area contributed by atoms with Gasteiger partial charge in [-0.2, -0.15) is 0 Å². The highest BCUT2D eigenvalue weighted by atomic mass is 19.1. The molecule has 0 aromatic carbocycles. The smallest absolute Gasteiger partial charge is 0.323 e. The molecule has 33 heavy (non-hydrogen) atoms. The number of hydrogen-bond donors (Lipinski definition) is 2. The van der Waals surface area contributed by atoms with E-state index < -0.39 is 19.4 Å². The van der Waals surface area contributed by atoms with Crippen LogP contribution >= 0.6 is 0 Å². The minimum atomic E-state index is -0.767. The molecule has 2 aliphatic heterocycles. The van der Waals surface area contributed by atoms with Gasteiger partial charge in [0.2, 0.25) is 0 Å². The van der Waals surface area contributed by atoms with E-state index in [1.165, 1.54) is 0 Å². The third kappa shape index (κ3) is 4.39. The number of anilines is 1. The standard InChI is InChI=1S/C23H26F2N6O2/c1-13-26-12-21(33-13)20-4-14-5-22(28-11-15(14)10-27-20)30-23(32)31-18-2-3-19(31)7-16(6-18)29-17(8-24)9-25/h4-5,10-12,16-19,29H,2-3,6-9H2,1H3,(H,28,30,32)/t16-,18-,19?/m0/s1. The minimum absolute atomic E-state index is 0.0208. The summed E-state index contributed by atoms with van der Waals surface area (Å²) >= 11 is 0. The number of pyridine rings is 2. The zero-order valence-corrected chi connectivity index (χ0v) is 18.3. The number of alkyl halides is 2. The number of urea groups is 1. The van der Waals surface area contributed by atoms with E-state index in [1.807, 2.05) is 17.0 Å². The summed E-state index contributed by atoms with van der Waals surface area (Å²) in [7, 11) is 0. The molecule has 5 heterocycles. The first-order valence-electron chi connectivity index (χ1n) is 11.2. The molecule has 3 atom stereocenters. The Hall–Kier alpha value is -3.14. The number of fused-ring (bicyclic) bond motifs is 3. The van der Waals surface area contributed by atoms with Crippen molar-refractivity contribution in [1.82, 2.24) is 25.2 Å². The van der Waals surface area contributed by atoms with Crippen LogP contribution < -0.4 is 10.6 Å². The number of oxazole rings is 1. The van der Waals surface area contributed by atoms with Gasteiger partial charge in [0.1, 0.15) is 24.9 Å². The Morgan fingerprint density at radius 1 is 1.09 bits per heavy atom. The van der Waals surface area contributed by atoms with Crippen molar-refractivity contribution in [2.45, 2.75) is 56.8 Å². The summed E-state index contributed by atoms with van der Waals surface area (Å²) in [4.78, 5) is 27.8. The van der Waals surface area contributed by atoms with Gasteiger partial charge in [0.15, 0.2) is 11.7 Å². The summed E-state index contributed by atoms with van der Waals surface area (Å²) in [5.41, 5.74) is 0.652. The first-order valence-corrected chi connectivity index (χ1v) is 11.2. The van der Waals surface area contributed by atoms with Crippen LogP contribution in [0.15, 0.2) is 35.1 Å². The van der Waals surface area contributed by atoms with E-state index >= 15 is 0 Å². The number of aryl methyl sites for hydroxylation is 1. The SMILES string of the molecule is Cc1ncc(-c2cc3cc(NC(=O)N4C5CC[C@H]4C[C@H](NC(CF)CF)C5)ncc3cn2)o1. The molecule has 174 valence electrons. The van der Waals surface area contributed by atoms with E-state index in [9.17, 15) is 13.6 Å². The van der Waals surface area contributed by atoms with Crippen molar-refractivity contribution in [3.8, 4) is 11.5 Å². The predicted octanol–water partition coefficient (Wildman–Crippen LogP) is 4.02. The normalized spacial score (nSPS) is 22.3. The lowest BCUT2D eigenvalue weighted by atomic mass is 9.97. The molecule has 0 radical (unpaired) electrons. The lowest BCUT2D eigenvalue weighted by Gasteiger charge is -2.39. The first kappa shape index (κ1) is 21.7. The van der Waals surface area contributed by atoms with Crippen molar-refractivity contribution < 1.29 is 18.0 Å².